The molecule has 0 unspecified atom stereocenters. The summed E-state index contributed by atoms with van der Waals surface area (Å²) in [6.07, 6.45) is 3.55. The van der Waals surface area contributed by atoms with Crippen LogP contribution >= 0.6 is 11.3 Å². The minimum absolute atomic E-state index is 0.0732. The van der Waals surface area contributed by atoms with Crippen molar-refractivity contribution in [1.29, 1.82) is 0 Å². The predicted molar refractivity (Wildman–Crippen MR) is 73.6 cm³/mol. The highest BCUT2D eigenvalue weighted by Gasteiger charge is 2.22. The molecule has 1 saturated carbocycles. The van der Waals surface area contributed by atoms with Gasteiger partial charge < -0.3 is 16.4 Å². The zero-order chi connectivity index (χ0) is 13.7. The first-order chi connectivity index (χ1) is 9.13. The molecule has 7 heteroatoms. The summed E-state index contributed by atoms with van der Waals surface area (Å²) in [4.78, 5) is 27.0. The van der Waals surface area contributed by atoms with Crippen LogP contribution in [-0.4, -0.2) is 29.4 Å². The average Bonchev–Trinajstić information content (AvgIpc) is 3.07. The molecular weight excluding hydrogens is 264 g/mol. The van der Waals surface area contributed by atoms with Crippen LogP contribution in [0, 0.1) is 0 Å². The standard InChI is InChI=1S/C12H18N4O2S/c13-12-16-9(7-19-12)6-11(18)14-5-1-2-10(17)15-8-3-4-8/h7-8H,1-6H2,(H2,13,16)(H,14,18)(H,15,17). The molecule has 1 aliphatic carbocycles. The molecule has 0 aromatic carbocycles. The fourth-order valence-corrected chi connectivity index (χ4v) is 2.20. The second-order valence-electron chi connectivity index (χ2n) is 4.65. The summed E-state index contributed by atoms with van der Waals surface area (Å²) in [6.45, 7) is 0.510. The first-order valence-electron chi connectivity index (χ1n) is 6.39. The van der Waals surface area contributed by atoms with Crippen LogP contribution in [0.5, 0.6) is 0 Å². The minimum atomic E-state index is -0.0899. The van der Waals surface area contributed by atoms with Crippen molar-refractivity contribution in [2.45, 2.75) is 38.1 Å². The highest BCUT2D eigenvalue weighted by molar-refractivity contribution is 7.13. The normalized spacial score (nSPS) is 14.1. The van der Waals surface area contributed by atoms with E-state index in [2.05, 4.69) is 15.6 Å². The lowest BCUT2D eigenvalue weighted by Crippen LogP contribution is -2.29. The van der Waals surface area contributed by atoms with E-state index in [4.69, 9.17) is 5.73 Å². The molecule has 2 amide bonds. The minimum Gasteiger partial charge on any atom is -0.375 e. The molecule has 0 bridgehead atoms. The van der Waals surface area contributed by atoms with Crippen molar-refractivity contribution in [3.63, 3.8) is 0 Å². The number of amides is 2. The van der Waals surface area contributed by atoms with Crippen molar-refractivity contribution in [3.8, 4) is 0 Å². The maximum absolute atomic E-state index is 11.6. The van der Waals surface area contributed by atoms with Gasteiger partial charge in [-0.1, -0.05) is 0 Å². The van der Waals surface area contributed by atoms with Crippen LogP contribution in [0.2, 0.25) is 0 Å². The molecule has 104 valence electrons. The van der Waals surface area contributed by atoms with Crippen LogP contribution in [0.1, 0.15) is 31.4 Å². The van der Waals surface area contributed by atoms with Crippen molar-refractivity contribution in [2.24, 2.45) is 0 Å². The summed E-state index contributed by atoms with van der Waals surface area (Å²) in [5.74, 6) is -0.0167. The number of aromatic nitrogens is 1. The van der Waals surface area contributed by atoms with Gasteiger partial charge in [-0.2, -0.15) is 0 Å². The Bertz CT molecular complexity index is 456. The van der Waals surface area contributed by atoms with E-state index >= 15 is 0 Å². The molecular formula is C12H18N4O2S. The van der Waals surface area contributed by atoms with Crippen molar-refractivity contribution in [3.05, 3.63) is 11.1 Å². The lowest BCUT2D eigenvalue weighted by Gasteiger charge is -2.05. The maximum atomic E-state index is 11.6. The first kappa shape index (κ1) is 13.8. The lowest BCUT2D eigenvalue weighted by molar-refractivity contribution is -0.122. The van der Waals surface area contributed by atoms with Crippen molar-refractivity contribution in [1.82, 2.24) is 15.6 Å². The quantitative estimate of drug-likeness (QED) is 0.632. The van der Waals surface area contributed by atoms with Crippen LogP contribution in [0.3, 0.4) is 0 Å². The number of rotatable bonds is 7. The van der Waals surface area contributed by atoms with Crippen LogP contribution in [0.15, 0.2) is 5.38 Å². The number of anilines is 1. The van der Waals surface area contributed by atoms with E-state index in [0.717, 1.165) is 12.8 Å². The van der Waals surface area contributed by atoms with Crippen LogP contribution in [0.4, 0.5) is 5.13 Å². The van der Waals surface area contributed by atoms with Crippen LogP contribution < -0.4 is 16.4 Å². The Kier molecular flexibility index (Phi) is 4.73. The maximum Gasteiger partial charge on any atom is 0.226 e. The van der Waals surface area contributed by atoms with E-state index in [0.29, 0.717) is 36.3 Å². The second kappa shape index (κ2) is 6.51. The largest absolute Gasteiger partial charge is 0.375 e. The molecule has 4 N–H and O–H groups in total. The molecule has 6 nitrogen and oxygen atoms in total. The van der Waals surface area contributed by atoms with E-state index in [9.17, 15) is 9.59 Å². The molecule has 19 heavy (non-hydrogen) atoms. The van der Waals surface area contributed by atoms with Crippen molar-refractivity contribution < 1.29 is 9.59 Å². The van der Waals surface area contributed by atoms with Gasteiger partial charge in [0.1, 0.15) is 0 Å². The first-order valence-corrected chi connectivity index (χ1v) is 7.27. The number of carbonyl (C=O) groups is 2. The summed E-state index contributed by atoms with van der Waals surface area (Å²) in [6, 6.07) is 0.400. The molecule has 0 aliphatic heterocycles. The Balaban J connectivity index is 1.54. The highest BCUT2D eigenvalue weighted by atomic mass is 32.1. The number of nitrogen functional groups attached to an aromatic ring is 1. The second-order valence-corrected chi connectivity index (χ2v) is 5.54. The number of carbonyl (C=O) groups excluding carboxylic acids is 2. The SMILES string of the molecule is Nc1nc(CC(=O)NCCCC(=O)NC2CC2)cs1. The molecule has 1 fully saturated rings. The van der Waals surface area contributed by atoms with Crippen molar-refractivity contribution in [2.75, 3.05) is 12.3 Å². The van der Waals surface area contributed by atoms with Gasteiger partial charge in [0.05, 0.1) is 12.1 Å². The molecule has 0 atom stereocenters. The number of nitrogens with two attached hydrogens (primary N) is 1. The summed E-state index contributed by atoms with van der Waals surface area (Å²) in [7, 11) is 0. The Morgan fingerprint density at radius 1 is 1.42 bits per heavy atom. The Morgan fingerprint density at radius 3 is 2.84 bits per heavy atom. The molecule has 2 rings (SSSR count). The van der Waals surface area contributed by atoms with Gasteiger partial charge in [0.25, 0.3) is 0 Å². The van der Waals surface area contributed by atoms with Gasteiger partial charge in [-0.05, 0) is 19.3 Å². The zero-order valence-corrected chi connectivity index (χ0v) is 11.5. The molecule has 0 spiro atoms. The predicted octanol–water partition coefficient (Wildman–Crippen LogP) is 0.443. The Hall–Kier alpha value is -1.63. The van der Waals surface area contributed by atoms with Gasteiger partial charge in [-0.15, -0.1) is 11.3 Å². The smallest absolute Gasteiger partial charge is 0.226 e. The van der Waals surface area contributed by atoms with Gasteiger partial charge in [0, 0.05) is 24.4 Å². The number of nitrogens with zero attached hydrogens (tertiary/aromatic N) is 1. The van der Waals surface area contributed by atoms with E-state index in [-0.39, 0.29) is 18.2 Å². The van der Waals surface area contributed by atoms with Gasteiger partial charge in [0.2, 0.25) is 11.8 Å². The highest BCUT2D eigenvalue weighted by Crippen LogP contribution is 2.18. The fourth-order valence-electron chi connectivity index (χ4n) is 1.64. The summed E-state index contributed by atoms with van der Waals surface area (Å²) < 4.78 is 0. The third-order valence-electron chi connectivity index (χ3n) is 2.76. The number of hydrogen-bond acceptors (Lipinski definition) is 5. The lowest BCUT2D eigenvalue weighted by atomic mass is 10.2. The van der Waals surface area contributed by atoms with Gasteiger partial charge >= 0.3 is 0 Å². The van der Waals surface area contributed by atoms with Crippen LogP contribution in [-0.2, 0) is 16.0 Å². The molecule has 0 saturated heterocycles. The topological polar surface area (TPSA) is 97.1 Å². The van der Waals surface area contributed by atoms with E-state index in [1.165, 1.54) is 11.3 Å². The average molecular weight is 282 g/mol. The molecule has 1 aromatic rings. The summed E-state index contributed by atoms with van der Waals surface area (Å²) in [5.41, 5.74) is 6.17. The van der Waals surface area contributed by atoms with Crippen LogP contribution in [0.25, 0.3) is 0 Å². The number of hydrogen-bond donors (Lipinski definition) is 3. The number of thiazole rings is 1. The monoisotopic (exact) mass is 282 g/mol. The third kappa shape index (κ3) is 5.25. The Labute approximate surface area is 115 Å². The molecule has 0 radical (unpaired) electrons. The summed E-state index contributed by atoms with van der Waals surface area (Å²) in [5, 5.41) is 7.93. The van der Waals surface area contributed by atoms with Gasteiger partial charge in [-0.3, -0.25) is 9.59 Å². The van der Waals surface area contributed by atoms with Crippen molar-refractivity contribution >= 4 is 28.3 Å². The van der Waals surface area contributed by atoms with E-state index in [1.54, 1.807) is 5.38 Å². The third-order valence-corrected chi connectivity index (χ3v) is 3.48. The van der Waals surface area contributed by atoms with E-state index in [1.807, 2.05) is 0 Å². The van der Waals surface area contributed by atoms with E-state index < -0.39 is 0 Å². The fraction of sp³-hybridized carbons (Fsp3) is 0.583. The summed E-state index contributed by atoms with van der Waals surface area (Å²) >= 11 is 1.32. The number of nitrogens with one attached hydrogen (secondary N) is 2. The van der Waals surface area contributed by atoms with Gasteiger partial charge in [-0.25, -0.2) is 4.98 Å². The van der Waals surface area contributed by atoms with Gasteiger partial charge in [0.15, 0.2) is 5.13 Å². The molecule has 1 aromatic heterocycles. The molecule has 1 aliphatic rings. The Morgan fingerprint density at radius 2 is 2.21 bits per heavy atom. The molecule has 1 heterocycles. The zero-order valence-electron chi connectivity index (χ0n) is 10.6.